The Balaban J connectivity index is 2.40. The molecular weight excluding hydrogens is 277 g/mol. The molecule has 0 N–H and O–H groups in total. The highest BCUT2D eigenvalue weighted by molar-refractivity contribution is 7.13. The van der Waals surface area contributed by atoms with E-state index in [1.54, 1.807) is 5.38 Å². The number of ketones is 1. The summed E-state index contributed by atoms with van der Waals surface area (Å²) in [6, 6.07) is 5.60. The molecule has 0 radical (unpaired) electrons. The Kier molecular flexibility index (Phi) is 3.82. The normalized spacial score (nSPS) is 10.5. The van der Waals surface area contributed by atoms with Gasteiger partial charge in [0.25, 0.3) is 0 Å². The summed E-state index contributed by atoms with van der Waals surface area (Å²) in [6.45, 7) is 1.96. The van der Waals surface area contributed by atoms with Gasteiger partial charge in [-0.1, -0.05) is 17.7 Å². The molecule has 0 aliphatic rings. The highest BCUT2D eigenvalue weighted by Gasteiger charge is 2.12. The van der Waals surface area contributed by atoms with Crippen LogP contribution in [0.4, 0.5) is 0 Å². The average Bonchev–Trinajstić information content (AvgIpc) is 2.77. The molecule has 0 bridgehead atoms. The first-order chi connectivity index (χ1) is 8.11. The second-order valence-corrected chi connectivity index (χ2v) is 5.12. The van der Waals surface area contributed by atoms with E-state index in [-0.39, 0.29) is 11.7 Å². The van der Waals surface area contributed by atoms with Gasteiger partial charge >= 0.3 is 0 Å². The van der Waals surface area contributed by atoms with Gasteiger partial charge in [-0.3, -0.25) is 4.79 Å². The molecule has 0 saturated carbocycles. The number of nitrogens with zero attached hydrogens (tertiary/aromatic N) is 1. The van der Waals surface area contributed by atoms with Crippen molar-refractivity contribution in [3.05, 3.63) is 39.9 Å². The van der Waals surface area contributed by atoms with E-state index >= 15 is 0 Å². The Labute approximate surface area is 113 Å². The fourth-order valence-corrected chi connectivity index (χ4v) is 2.74. The zero-order valence-corrected chi connectivity index (χ0v) is 11.4. The van der Waals surface area contributed by atoms with Crippen molar-refractivity contribution in [1.82, 2.24) is 4.98 Å². The molecule has 0 fully saturated rings. The number of rotatable bonds is 3. The van der Waals surface area contributed by atoms with Crippen LogP contribution in [0.3, 0.4) is 0 Å². The van der Waals surface area contributed by atoms with Crippen molar-refractivity contribution in [2.45, 2.75) is 6.92 Å². The predicted molar refractivity (Wildman–Crippen MR) is 72.3 cm³/mol. The zero-order valence-electron chi connectivity index (χ0n) is 9.04. The molecule has 17 heavy (non-hydrogen) atoms. The van der Waals surface area contributed by atoms with E-state index in [1.807, 2.05) is 25.1 Å². The summed E-state index contributed by atoms with van der Waals surface area (Å²) in [6.07, 6.45) is 0. The number of hydrogen-bond donors (Lipinski definition) is 0. The van der Waals surface area contributed by atoms with E-state index in [0.717, 1.165) is 16.1 Å². The van der Waals surface area contributed by atoms with Crippen molar-refractivity contribution in [2.75, 3.05) is 5.88 Å². The van der Waals surface area contributed by atoms with Gasteiger partial charge in [0.05, 0.1) is 5.88 Å². The van der Waals surface area contributed by atoms with Gasteiger partial charge in [-0.2, -0.15) is 0 Å². The van der Waals surface area contributed by atoms with Gasteiger partial charge in [0.15, 0.2) is 5.78 Å². The van der Waals surface area contributed by atoms with Gasteiger partial charge in [-0.05, 0) is 24.6 Å². The Hall–Kier alpha value is -0.900. The van der Waals surface area contributed by atoms with Crippen molar-refractivity contribution in [2.24, 2.45) is 0 Å². The van der Waals surface area contributed by atoms with Crippen molar-refractivity contribution in [3.8, 4) is 10.6 Å². The topological polar surface area (TPSA) is 30.0 Å². The van der Waals surface area contributed by atoms with E-state index in [4.69, 9.17) is 23.2 Å². The van der Waals surface area contributed by atoms with Crippen molar-refractivity contribution < 1.29 is 4.79 Å². The van der Waals surface area contributed by atoms with E-state index in [2.05, 4.69) is 4.98 Å². The van der Waals surface area contributed by atoms with Gasteiger partial charge in [-0.25, -0.2) is 4.98 Å². The van der Waals surface area contributed by atoms with E-state index in [1.165, 1.54) is 11.3 Å². The molecule has 0 amide bonds. The lowest BCUT2D eigenvalue weighted by Crippen LogP contribution is -2.00. The summed E-state index contributed by atoms with van der Waals surface area (Å²) in [5.41, 5.74) is 2.46. The van der Waals surface area contributed by atoms with Crippen LogP contribution in [0.1, 0.15) is 16.1 Å². The number of halogens is 2. The first-order valence-corrected chi connectivity index (χ1v) is 6.72. The lowest BCUT2D eigenvalue weighted by Gasteiger charge is -2.01. The van der Waals surface area contributed by atoms with Gasteiger partial charge in [0, 0.05) is 16.0 Å². The molecule has 1 aromatic heterocycles. The van der Waals surface area contributed by atoms with Crippen LogP contribution in [0.25, 0.3) is 10.6 Å². The number of alkyl halides is 1. The van der Waals surface area contributed by atoms with Crippen LogP contribution in [0.5, 0.6) is 0 Å². The number of carbonyl (C=O) groups excluding carboxylic acids is 1. The zero-order chi connectivity index (χ0) is 12.4. The number of benzene rings is 1. The maximum atomic E-state index is 11.4. The monoisotopic (exact) mass is 285 g/mol. The molecule has 0 unspecified atom stereocenters. The maximum absolute atomic E-state index is 11.4. The summed E-state index contributed by atoms with van der Waals surface area (Å²) in [4.78, 5) is 15.7. The molecule has 0 aliphatic carbocycles. The SMILES string of the molecule is Cc1cc(Cl)ccc1-c1nc(C(=O)CCl)cs1. The van der Waals surface area contributed by atoms with Crippen LogP contribution in [-0.4, -0.2) is 16.6 Å². The minimum atomic E-state index is -0.152. The Morgan fingerprint density at radius 1 is 1.47 bits per heavy atom. The smallest absolute Gasteiger partial charge is 0.196 e. The molecule has 2 rings (SSSR count). The number of thiazole rings is 1. The molecule has 1 aromatic carbocycles. The lowest BCUT2D eigenvalue weighted by atomic mass is 10.1. The van der Waals surface area contributed by atoms with Crippen LogP contribution in [0.2, 0.25) is 5.02 Å². The van der Waals surface area contributed by atoms with Crippen molar-refractivity contribution in [1.29, 1.82) is 0 Å². The third-order valence-electron chi connectivity index (χ3n) is 2.33. The molecule has 2 aromatic rings. The number of carbonyl (C=O) groups is 1. The third-order valence-corrected chi connectivity index (χ3v) is 3.68. The molecule has 1 heterocycles. The first kappa shape index (κ1) is 12.6. The maximum Gasteiger partial charge on any atom is 0.196 e. The minimum absolute atomic E-state index is 0.0389. The molecule has 0 atom stereocenters. The Morgan fingerprint density at radius 2 is 2.24 bits per heavy atom. The molecule has 0 aliphatic heterocycles. The van der Waals surface area contributed by atoms with E-state index < -0.39 is 0 Å². The molecule has 0 spiro atoms. The predicted octanol–water partition coefficient (Wildman–Crippen LogP) is 4.19. The fourth-order valence-electron chi connectivity index (χ4n) is 1.46. The third kappa shape index (κ3) is 2.68. The highest BCUT2D eigenvalue weighted by Crippen LogP contribution is 2.28. The van der Waals surface area contributed by atoms with Crippen LogP contribution >= 0.6 is 34.5 Å². The van der Waals surface area contributed by atoms with E-state index in [9.17, 15) is 4.79 Å². The number of hydrogen-bond acceptors (Lipinski definition) is 3. The Morgan fingerprint density at radius 3 is 2.88 bits per heavy atom. The minimum Gasteiger partial charge on any atom is -0.291 e. The summed E-state index contributed by atoms with van der Waals surface area (Å²) in [5, 5.41) is 3.24. The van der Waals surface area contributed by atoms with Crippen molar-refractivity contribution >= 4 is 40.3 Å². The van der Waals surface area contributed by atoms with Crippen LogP contribution < -0.4 is 0 Å². The van der Waals surface area contributed by atoms with Gasteiger partial charge in [-0.15, -0.1) is 22.9 Å². The Bertz CT molecular complexity index is 565. The number of aromatic nitrogens is 1. The van der Waals surface area contributed by atoms with Gasteiger partial charge < -0.3 is 0 Å². The lowest BCUT2D eigenvalue weighted by molar-refractivity contribution is 0.101. The van der Waals surface area contributed by atoms with E-state index in [0.29, 0.717) is 10.7 Å². The summed E-state index contributed by atoms with van der Waals surface area (Å²) in [5.74, 6) is -0.191. The number of Topliss-reactive ketones (excluding diaryl/α,β-unsaturated/α-hetero) is 1. The summed E-state index contributed by atoms with van der Waals surface area (Å²) >= 11 is 12.8. The second kappa shape index (κ2) is 5.17. The molecule has 2 nitrogen and oxygen atoms in total. The second-order valence-electron chi connectivity index (χ2n) is 3.55. The standard InChI is InChI=1S/C12H9Cl2NOS/c1-7-4-8(14)2-3-9(7)12-15-10(6-17-12)11(16)5-13/h2-4,6H,5H2,1H3. The molecule has 88 valence electrons. The average molecular weight is 286 g/mol. The summed E-state index contributed by atoms with van der Waals surface area (Å²) < 4.78 is 0. The van der Waals surface area contributed by atoms with Crippen LogP contribution in [0.15, 0.2) is 23.6 Å². The van der Waals surface area contributed by atoms with Crippen LogP contribution in [-0.2, 0) is 0 Å². The largest absolute Gasteiger partial charge is 0.291 e. The summed E-state index contributed by atoms with van der Waals surface area (Å²) in [7, 11) is 0. The molecule has 0 saturated heterocycles. The number of aryl methyl sites for hydroxylation is 1. The van der Waals surface area contributed by atoms with Gasteiger partial charge in [0.2, 0.25) is 0 Å². The first-order valence-electron chi connectivity index (χ1n) is 4.93. The van der Waals surface area contributed by atoms with Gasteiger partial charge in [0.1, 0.15) is 10.7 Å². The van der Waals surface area contributed by atoms with Crippen molar-refractivity contribution in [3.63, 3.8) is 0 Å². The highest BCUT2D eigenvalue weighted by atomic mass is 35.5. The fraction of sp³-hybridized carbons (Fsp3) is 0.167. The molecular formula is C12H9Cl2NOS. The quantitative estimate of drug-likeness (QED) is 0.625. The van der Waals surface area contributed by atoms with Crippen LogP contribution in [0, 0.1) is 6.92 Å². The molecule has 5 heteroatoms.